The number of rotatable bonds is 4. The number of fused-ring (bicyclic) bond motifs is 1. The van der Waals surface area contributed by atoms with Crippen LogP contribution in [0.5, 0.6) is 0 Å². The number of carbonyl (C=O) groups excluding carboxylic acids is 3. The third-order valence-electron chi connectivity index (χ3n) is 3.67. The topological polar surface area (TPSA) is 111 Å². The largest absolute Gasteiger partial charge is 0.452 e. The molecule has 7 nitrogen and oxygen atoms in total. The van der Waals surface area contributed by atoms with Gasteiger partial charge in [0.2, 0.25) is 0 Å². The quantitative estimate of drug-likeness (QED) is 0.688. The van der Waals surface area contributed by atoms with Gasteiger partial charge in [-0.2, -0.15) is 0 Å². The zero-order valence-corrected chi connectivity index (χ0v) is 13.9. The van der Waals surface area contributed by atoms with Crippen molar-refractivity contribution in [3.8, 4) is 11.3 Å². The number of amides is 3. The molecule has 0 aliphatic heterocycles. The van der Waals surface area contributed by atoms with Gasteiger partial charge < -0.3 is 10.5 Å². The van der Waals surface area contributed by atoms with E-state index in [1.807, 2.05) is 0 Å². The number of para-hydroxylation sites is 1. The van der Waals surface area contributed by atoms with Crippen LogP contribution in [0.15, 0.2) is 54.6 Å². The molecule has 1 aromatic heterocycles. The molecule has 2 aromatic carbocycles. The first-order chi connectivity index (χ1) is 12.9. The summed E-state index contributed by atoms with van der Waals surface area (Å²) in [5.74, 6) is -2.00. The molecule has 0 unspecified atom stereocenters. The summed E-state index contributed by atoms with van der Waals surface area (Å²) in [6, 6.07) is 13.0. The molecule has 0 saturated heterocycles. The molecule has 0 radical (unpaired) electrons. The lowest BCUT2D eigenvalue weighted by atomic mass is 10.0. The normalized spacial score (nSPS) is 10.4. The number of halogens is 1. The van der Waals surface area contributed by atoms with Crippen molar-refractivity contribution in [1.82, 2.24) is 10.3 Å². The molecule has 0 aliphatic carbocycles. The zero-order chi connectivity index (χ0) is 19.4. The molecule has 0 aliphatic rings. The predicted molar refractivity (Wildman–Crippen MR) is 95.1 cm³/mol. The molecule has 0 spiro atoms. The fourth-order valence-corrected chi connectivity index (χ4v) is 2.50. The predicted octanol–water partition coefficient (Wildman–Crippen LogP) is 2.39. The fourth-order valence-electron chi connectivity index (χ4n) is 2.50. The van der Waals surface area contributed by atoms with Crippen molar-refractivity contribution < 1.29 is 23.5 Å². The number of pyridine rings is 1. The summed E-state index contributed by atoms with van der Waals surface area (Å²) in [5, 5.41) is 2.34. The van der Waals surface area contributed by atoms with Gasteiger partial charge in [0.15, 0.2) is 6.61 Å². The molecule has 27 heavy (non-hydrogen) atoms. The summed E-state index contributed by atoms with van der Waals surface area (Å²) in [6.07, 6.45) is 0. The third-order valence-corrected chi connectivity index (χ3v) is 3.67. The molecule has 0 saturated carbocycles. The third kappa shape index (κ3) is 4.24. The first-order valence-corrected chi connectivity index (χ1v) is 7.86. The van der Waals surface area contributed by atoms with Gasteiger partial charge in [-0.1, -0.05) is 18.2 Å². The Bertz CT molecular complexity index is 1030. The second kappa shape index (κ2) is 7.61. The van der Waals surface area contributed by atoms with Crippen LogP contribution in [0.3, 0.4) is 0 Å². The van der Waals surface area contributed by atoms with Crippen LogP contribution in [0.25, 0.3) is 22.2 Å². The number of imide groups is 1. The van der Waals surface area contributed by atoms with E-state index in [1.165, 1.54) is 18.2 Å². The van der Waals surface area contributed by atoms with Gasteiger partial charge in [-0.15, -0.1) is 0 Å². The number of carbonyl (C=O) groups is 3. The van der Waals surface area contributed by atoms with Crippen LogP contribution < -0.4 is 11.1 Å². The molecule has 1 heterocycles. The average Bonchev–Trinajstić information content (AvgIpc) is 2.65. The van der Waals surface area contributed by atoms with Crippen molar-refractivity contribution in [2.24, 2.45) is 5.73 Å². The Hall–Kier alpha value is -3.81. The molecule has 3 N–H and O–H groups in total. The highest BCUT2D eigenvalue weighted by molar-refractivity contribution is 6.05. The summed E-state index contributed by atoms with van der Waals surface area (Å²) >= 11 is 0. The van der Waals surface area contributed by atoms with Crippen molar-refractivity contribution in [3.63, 3.8) is 0 Å². The highest BCUT2D eigenvalue weighted by Gasteiger charge is 2.17. The molecule has 3 rings (SSSR count). The number of nitrogens with zero attached hydrogens (tertiary/aromatic N) is 1. The van der Waals surface area contributed by atoms with E-state index in [0.717, 1.165) is 0 Å². The number of primary amides is 1. The number of ether oxygens (including phenoxy) is 1. The number of nitrogens with two attached hydrogens (primary N) is 1. The molecule has 136 valence electrons. The Morgan fingerprint density at radius 1 is 1.07 bits per heavy atom. The molecule has 0 fully saturated rings. The van der Waals surface area contributed by atoms with Crippen molar-refractivity contribution in [2.75, 3.05) is 6.61 Å². The van der Waals surface area contributed by atoms with Gasteiger partial charge in [0, 0.05) is 10.9 Å². The number of urea groups is 1. The van der Waals surface area contributed by atoms with Gasteiger partial charge in [-0.25, -0.2) is 19.0 Å². The summed E-state index contributed by atoms with van der Waals surface area (Å²) in [7, 11) is 0. The number of aromatic nitrogens is 1. The summed E-state index contributed by atoms with van der Waals surface area (Å²) in [4.78, 5) is 39.0. The number of benzene rings is 2. The van der Waals surface area contributed by atoms with Crippen LogP contribution in [0, 0.1) is 5.82 Å². The fraction of sp³-hybridized carbons (Fsp3) is 0.0526. The highest BCUT2D eigenvalue weighted by atomic mass is 19.1. The lowest BCUT2D eigenvalue weighted by molar-refractivity contribution is -0.123. The van der Waals surface area contributed by atoms with E-state index in [4.69, 9.17) is 10.5 Å². The molecule has 3 aromatic rings. The van der Waals surface area contributed by atoms with Crippen molar-refractivity contribution in [2.45, 2.75) is 0 Å². The number of esters is 1. The van der Waals surface area contributed by atoms with Crippen molar-refractivity contribution >= 4 is 28.8 Å². The van der Waals surface area contributed by atoms with Gasteiger partial charge in [-0.3, -0.25) is 10.1 Å². The first kappa shape index (κ1) is 18.0. The zero-order valence-electron chi connectivity index (χ0n) is 13.9. The van der Waals surface area contributed by atoms with Crippen molar-refractivity contribution in [3.05, 3.63) is 66.0 Å². The summed E-state index contributed by atoms with van der Waals surface area (Å²) in [6.45, 7) is -0.662. The van der Waals surface area contributed by atoms with E-state index in [9.17, 15) is 18.8 Å². The lowest BCUT2D eigenvalue weighted by Crippen LogP contribution is -2.37. The Morgan fingerprint density at radius 2 is 1.78 bits per heavy atom. The van der Waals surface area contributed by atoms with Gasteiger partial charge in [0.05, 0.1) is 16.8 Å². The summed E-state index contributed by atoms with van der Waals surface area (Å²) < 4.78 is 18.1. The van der Waals surface area contributed by atoms with E-state index < -0.39 is 24.5 Å². The van der Waals surface area contributed by atoms with Gasteiger partial charge in [0.1, 0.15) is 5.82 Å². The molecular weight excluding hydrogens is 353 g/mol. The standard InChI is InChI=1S/C19H14FN3O4/c20-12-7-5-11(6-8-12)16-9-14(13-3-1-2-4-15(13)22-16)18(25)27-10-17(24)23-19(21)26/h1-9H,10H2,(H3,21,23,24,26). The van der Waals surface area contributed by atoms with E-state index in [-0.39, 0.29) is 11.4 Å². The Labute approximate surface area is 153 Å². The Morgan fingerprint density at radius 3 is 2.48 bits per heavy atom. The molecular formula is C19H14FN3O4. The second-order valence-electron chi connectivity index (χ2n) is 5.57. The van der Waals surface area contributed by atoms with E-state index in [2.05, 4.69) is 4.98 Å². The lowest BCUT2D eigenvalue weighted by Gasteiger charge is -2.10. The van der Waals surface area contributed by atoms with E-state index in [1.54, 1.807) is 41.7 Å². The maximum Gasteiger partial charge on any atom is 0.339 e. The van der Waals surface area contributed by atoms with Crippen molar-refractivity contribution in [1.29, 1.82) is 0 Å². The van der Waals surface area contributed by atoms with E-state index in [0.29, 0.717) is 22.2 Å². The minimum Gasteiger partial charge on any atom is -0.452 e. The van der Waals surface area contributed by atoms with Gasteiger partial charge >= 0.3 is 12.0 Å². The average molecular weight is 367 g/mol. The SMILES string of the molecule is NC(=O)NC(=O)COC(=O)c1cc(-c2ccc(F)cc2)nc2ccccc12. The number of nitrogens with one attached hydrogen (secondary N) is 1. The van der Waals surface area contributed by atoms with E-state index >= 15 is 0 Å². The number of hydrogen-bond acceptors (Lipinski definition) is 5. The first-order valence-electron chi connectivity index (χ1n) is 7.86. The molecule has 0 atom stereocenters. The Kier molecular flexibility index (Phi) is 5.07. The smallest absolute Gasteiger partial charge is 0.339 e. The monoisotopic (exact) mass is 367 g/mol. The van der Waals surface area contributed by atoms with Crippen LogP contribution in [0.2, 0.25) is 0 Å². The maximum atomic E-state index is 13.2. The van der Waals surface area contributed by atoms with Crippen LogP contribution in [-0.2, 0) is 9.53 Å². The maximum absolute atomic E-state index is 13.2. The molecule has 8 heteroatoms. The van der Waals surface area contributed by atoms with Gasteiger partial charge in [-0.05, 0) is 36.4 Å². The second-order valence-corrected chi connectivity index (χ2v) is 5.57. The highest BCUT2D eigenvalue weighted by Crippen LogP contribution is 2.25. The van der Waals surface area contributed by atoms with Crippen LogP contribution >= 0.6 is 0 Å². The summed E-state index contributed by atoms with van der Waals surface area (Å²) in [5.41, 5.74) is 6.62. The number of hydrogen-bond donors (Lipinski definition) is 2. The van der Waals surface area contributed by atoms with Crippen LogP contribution in [0.1, 0.15) is 10.4 Å². The van der Waals surface area contributed by atoms with Crippen LogP contribution in [0.4, 0.5) is 9.18 Å². The molecule has 0 bridgehead atoms. The molecule has 3 amide bonds. The minimum atomic E-state index is -1.04. The Balaban J connectivity index is 1.95. The van der Waals surface area contributed by atoms with Crippen LogP contribution in [-0.4, -0.2) is 29.5 Å². The van der Waals surface area contributed by atoms with Gasteiger partial charge in [0.25, 0.3) is 5.91 Å². The minimum absolute atomic E-state index is 0.187.